The van der Waals surface area contributed by atoms with Crippen LogP contribution in [0.4, 0.5) is 0 Å². The topological polar surface area (TPSA) is 83.1 Å². The summed E-state index contributed by atoms with van der Waals surface area (Å²) in [7, 11) is 0. The molecule has 1 aliphatic carbocycles. The van der Waals surface area contributed by atoms with Gasteiger partial charge in [0.25, 0.3) is 9.70 Å². The van der Waals surface area contributed by atoms with E-state index in [9.17, 15) is 9.59 Å². The highest BCUT2D eigenvalue weighted by molar-refractivity contribution is 6.76. The third kappa shape index (κ3) is 4.38. The number of fused-ring (bicyclic) bond motifs is 4. The Morgan fingerprint density at radius 3 is 2.55 bits per heavy atom. The van der Waals surface area contributed by atoms with Crippen molar-refractivity contribution in [2.45, 2.75) is 34.6 Å². The summed E-state index contributed by atoms with van der Waals surface area (Å²) < 4.78 is 20.7. The molecule has 4 atom stereocenters. The molecule has 172 valence electrons. The Balaban J connectivity index is 1.50. The zero-order valence-electron chi connectivity index (χ0n) is 17.0. The van der Waals surface area contributed by atoms with Gasteiger partial charge in [0.05, 0.1) is 18.2 Å². The number of carbonyl (C=O) groups is 2. The normalized spacial score (nSPS) is 25.1. The quantitative estimate of drug-likeness (QED) is 0.380. The molecule has 5 rings (SSSR count). The maximum atomic E-state index is 12.9. The molecule has 10 heteroatoms. The molecule has 33 heavy (non-hydrogen) atoms. The molecule has 0 bridgehead atoms. The van der Waals surface area contributed by atoms with Gasteiger partial charge in [-0.25, -0.2) is 4.79 Å². The molecular weight excluding hydrogens is 493 g/mol. The van der Waals surface area contributed by atoms with Gasteiger partial charge in [0.15, 0.2) is 11.5 Å². The fraction of sp³-hybridized carbons (Fsp3) is 0.304. The van der Waals surface area contributed by atoms with E-state index in [4.69, 9.17) is 53.8 Å². The van der Waals surface area contributed by atoms with Gasteiger partial charge in [-0.15, -0.1) is 0 Å². The lowest BCUT2D eigenvalue weighted by Crippen LogP contribution is -2.54. The number of benzene rings is 2. The van der Waals surface area contributed by atoms with Crippen LogP contribution in [0, 0.1) is 0 Å². The van der Waals surface area contributed by atoms with Crippen molar-refractivity contribution in [1.29, 1.82) is 0 Å². The van der Waals surface area contributed by atoms with Crippen molar-refractivity contribution in [3.05, 3.63) is 71.3 Å². The maximum absolute atomic E-state index is 12.9. The summed E-state index contributed by atoms with van der Waals surface area (Å²) in [4.78, 5) is 25.3. The molecule has 2 aliphatic heterocycles. The molecule has 2 aromatic carbocycles. The second-order valence-electron chi connectivity index (χ2n) is 7.83. The monoisotopic (exact) mass is 509 g/mol. The largest absolute Gasteiger partial charge is 0.455 e. The Morgan fingerprint density at radius 2 is 1.82 bits per heavy atom. The number of nitrogens with one attached hydrogen (secondary N) is 1. The third-order valence-electron chi connectivity index (χ3n) is 5.78. The van der Waals surface area contributed by atoms with Gasteiger partial charge in [0.2, 0.25) is 6.79 Å². The average molecular weight is 511 g/mol. The van der Waals surface area contributed by atoms with E-state index < -0.39 is 39.8 Å². The molecule has 0 saturated heterocycles. The first-order valence-corrected chi connectivity index (χ1v) is 11.3. The van der Waals surface area contributed by atoms with Crippen molar-refractivity contribution >= 4 is 46.7 Å². The molecule has 0 radical (unpaired) electrons. The third-order valence-corrected chi connectivity index (χ3v) is 6.30. The summed E-state index contributed by atoms with van der Waals surface area (Å²) in [6.07, 6.45) is 2.23. The van der Waals surface area contributed by atoms with Crippen molar-refractivity contribution in [1.82, 2.24) is 5.32 Å². The zero-order chi connectivity index (χ0) is 23.2. The predicted molar refractivity (Wildman–Crippen MR) is 121 cm³/mol. The number of rotatable bonds is 4. The van der Waals surface area contributed by atoms with E-state index in [-0.39, 0.29) is 6.79 Å². The highest BCUT2D eigenvalue weighted by Crippen LogP contribution is 2.45. The van der Waals surface area contributed by atoms with Gasteiger partial charge in [0, 0.05) is 5.92 Å². The summed E-state index contributed by atoms with van der Waals surface area (Å²) in [6.45, 7) is 0.368. The van der Waals surface area contributed by atoms with Crippen LogP contribution in [0.5, 0.6) is 11.5 Å². The summed E-state index contributed by atoms with van der Waals surface area (Å²) >= 11 is 17.3. The van der Waals surface area contributed by atoms with Crippen LogP contribution in [-0.2, 0) is 20.9 Å². The second kappa shape index (κ2) is 8.72. The molecule has 0 saturated carbocycles. The minimum absolute atomic E-state index is 0.0531. The van der Waals surface area contributed by atoms with Gasteiger partial charge in [-0.2, -0.15) is 0 Å². The number of hydrogen-bond donors (Lipinski definition) is 1. The Kier molecular flexibility index (Phi) is 5.91. The Hall–Kier alpha value is -2.45. The van der Waals surface area contributed by atoms with Crippen molar-refractivity contribution in [2.24, 2.45) is 0 Å². The molecule has 2 heterocycles. The summed E-state index contributed by atoms with van der Waals surface area (Å²) in [6, 6.07) is 12.3. The minimum atomic E-state index is -2.15. The number of halogens is 3. The number of alkyl halides is 3. The van der Waals surface area contributed by atoms with Crippen molar-refractivity contribution < 1.29 is 28.5 Å². The van der Waals surface area contributed by atoms with Crippen molar-refractivity contribution in [3.8, 4) is 11.5 Å². The lowest BCUT2D eigenvalue weighted by atomic mass is 9.76. The van der Waals surface area contributed by atoms with E-state index in [1.807, 2.05) is 30.3 Å². The van der Waals surface area contributed by atoms with Crippen LogP contribution in [0.3, 0.4) is 0 Å². The van der Waals surface area contributed by atoms with Crippen LogP contribution in [-0.4, -0.2) is 40.7 Å². The molecule has 0 aromatic heterocycles. The predicted octanol–water partition coefficient (Wildman–Crippen LogP) is 4.05. The van der Waals surface area contributed by atoms with Crippen LogP contribution in [0.1, 0.15) is 27.4 Å². The van der Waals surface area contributed by atoms with Gasteiger partial charge in [-0.1, -0.05) is 77.3 Å². The van der Waals surface area contributed by atoms with Crippen LogP contribution in [0.15, 0.2) is 54.6 Å². The van der Waals surface area contributed by atoms with E-state index in [0.717, 1.165) is 5.56 Å². The first-order chi connectivity index (χ1) is 15.8. The van der Waals surface area contributed by atoms with E-state index >= 15 is 0 Å². The lowest BCUT2D eigenvalue weighted by Gasteiger charge is -2.42. The molecule has 0 spiro atoms. The van der Waals surface area contributed by atoms with Gasteiger partial charge in [-0.3, -0.25) is 4.79 Å². The van der Waals surface area contributed by atoms with Crippen LogP contribution >= 0.6 is 34.8 Å². The molecule has 2 aromatic rings. The number of esters is 1. The minimum Gasteiger partial charge on any atom is -0.455 e. The van der Waals surface area contributed by atoms with Gasteiger partial charge in [-0.05, 0) is 23.3 Å². The van der Waals surface area contributed by atoms with Crippen LogP contribution in [0.2, 0.25) is 0 Å². The molecule has 0 unspecified atom stereocenters. The van der Waals surface area contributed by atoms with Crippen molar-refractivity contribution in [3.63, 3.8) is 0 Å². The van der Waals surface area contributed by atoms with Crippen molar-refractivity contribution in [2.75, 3.05) is 6.79 Å². The molecule has 0 fully saturated rings. The molecule has 1 N–H and O–H groups in total. The molecular formula is C23H18Cl3NO6. The fourth-order valence-electron chi connectivity index (χ4n) is 4.26. The Bertz CT molecular complexity index is 1120. The van der Waals surface area contributed by atoms with E-state index in [1.165, 1.54) is 0 Å². The number of amides is 1. The SMILES string of the molecule is O=C1O[C@@H]2[C@H](c3cc4c(cc31)OCO4)[C@@H](NC(=O)C(Cl)(Cl)Cl)C=C[C@H]2OCc1ccccc1. The summed E-state index contributed by atoms with van der Waals surface area (Å²) in [5.41, 5.74) is 1.93. The fourth-order valence-corrected chi connectivity index (χ4v) is 4.43. The van der Waals surface area contributed by atoms with Gasteiger partial charge >= 0.3 is 5.97 Å². The average Bonchev–Trinajstić information content (AvgIpc) is 3.25. The molecule has 1 amide bonds. The Labute approximate surface area is 204 Å². The molecule has 3 aliphatic rings. The standard InChI is InChI=1S/C23H18Cl3NO6/c24-23(25,26)22(29)27-15-6-7-16(30-10-12-4-2-1-3-5-12)20-19(15)13-8-17-18(32-11-31-17)9-14(13)21(28)33-20/h1-9,15-16,19-20H,10-11H2,(H,27,29)/t15-,16+,19+,20-/m0/s1. The summed E-state index contributed by atoms with van der Waals surface area (Å²) in [5.74, 6) is -0.850. The maximum Gasteiger partial charge on any atom is 0.338 e. The van der Waals surface area contributed by atoms with E-state index in [0.29, 0.717) is 29.2 Å². The summed E-state index contributed by atoms with van der Waals surface area (Å²) in [5, 5.41) is 2.74. The first kappa shape index (κ1) is 22.3. The smallest absolute Gasteiger partial charge is 0.338 e. The second-order valence-corrected chi connectivity index (χ2v) is 10.1. The van der Waals surface area contributed by atoms with E-state index in [2.05, 4.69) is 5.32 Å². The Morgan fingerprint density at radius 1 is 1.09 bits per heavy atom. The number of hydrogen-bond acceptors (Lipinski definition) is 6. The van der Waals surface area contributed by atoms with E-state index in [1.54, 1.807) is 24.3 Å². The number of carbonyl (C=O) groups excluding carboxylic acids is 2. The van der Waals surface area contributed by atoms with Gasteiger partial charge in [0.1, 0.15) is 12.2 Å². The number of ether oxygens (including phenoxy) is 4. The van der Waals surface area contributed by atoms with Crippen LogP contribution < -0.4 is 14.8 Å². The first-order valence-electron chi connectivity index (χ1n) is 10.2. The highest BCUT2D eigenvalue weighted by atomic mass is 35.6. The van der Waals surface area contributed by atoms with Gasteiger partial charge < -0.3 is 24.3 Å². The zero-order valence-corrected chi connectivity index (χ0v) is 19.3. The van der Waals surface area contributed by atoms with Crippen LogP contribution in [0.25, 0.3) is 0 Å². The highest BCUT2D eigenvalue weighted by Gasteiger charge is 2.48. The lowest BCUT2D eigenvalue weighted by molar-refractivity contribution is -0.121. The molecule has 7 nitrogen and oxygen atoms in total.